The van der Waals surface area contributed by atoms with Gasteiger partial charge in [0.25, 0.3) is 5.91 Å². The highest BCUT2D eigenvalue weighted by molar-refractivity contribution is 9.10. The molecule has 1 N–H and O–H groups in total. The molecule has 4 nitrogen and oxygen atoms in total. The van der Waals surface area contributed by atoms with E-state index in [1.165, 1.54) is 6.42 Å². The van der Waals surface area contributed by atoms with Gasteiger partial charge in [0, 0.05) is 22.1 Å². The van der Waals surface area contributed by atoms with Gasteiger partial charge in [0.05, 0.1) is 6.61 Å². The molecule has 0 saturated carbocycles. The van der Waals surface area contributed by atoms with Crippen LogP contribution in [0, 0.1) is 0 Å². The number of hydrogen-bond acceptors (Lipinski definition) is 3. The van der Waals surface area contributed by atoms with Gasteiger partial charge in [-0.15, -0.1) is 0 Å². The van der Waals surface area contributed by atoms with E-state index in [9.17, 15) is 9.90 Å². The van der Waals surface area contributed by atoms with E-state index in [1.807, 2.05) is 11.0 Å². The molecule has 1 aromatic carbocycles. The highest BCUT2D eigenvalue weighted by Crippen LogP contribution is 2.25. The molecule has 2 rings (SSSR count). The molecule has 2 atom stereocenters. The summed E-state index contributed by atoms with van der Waals surface area (Å²) in [6, 6.07) is 5.95. The van der Waals surface area contributed by atoms with Crippen LogP contribution in [-0.2, 0) is 11.4 Å². The molecule has 1 aliphatic heterocycles. The van der Waals surface area contributed by atoms with E-state index in [-0.39, 0.29) is 31.2 Å². The van der Waals surface area contributed by atoms with Crippen LogP contribution in [0.15, 0.2) is 22.7 Å². The maximum absolute atomic E-state index is 12.4. The lowest BCUT2D eigenvalue weighted by atomic mass is 9.97. The molecule has 1 aromatic rings. The summed E-state index contributed by atoms with van der Waals surface area (Å²) in [6.07, 6.45) is 3.28. The van der Waals surface area contributed by atoms with Gasteiger partial charge in [-0.3, -0.25) is 4.79 Å². The summed E-state index contributed by atoms with van der Waals surface area (Å²) in [7, 11) is 0. The molecule has 0 spiro atoms. The van der Waals surface area contributed by atoms with Crippen molar-refractivity contribution < 1.29 is 14.6 Å². The number of benzene rings is 1. The third-order valence-electron chi connectivity index (χ3n) is 4.03. The van der Waals surface area contributed by atoms with E-state index in [4.69, 9.17) is 4.74 Å². The van der Waals surface area contributed by atoms with E-state index < -0.39 is 0 Å². The van der Waals surface area contributed by atoms with Gasteiger partial charge in [-0.2, -0.15) is 0 Å². The Balaban J connectivity index is 2.00. The standard InChI is InChI=1S/C16H22BrNO3/c1-11-4-3-5-12(2)18(11)16(20)10-21-15-7-6-14(17)8-13(15)9-19/h6-8,11-12,19H,3-5,9-10H2,1-2H3/t11-,12-/m1/s1. The molecule has 0 aliphatic carbocycles. The van der Waals surface area contributed by atoms with Crippen LogP contribution in [0.4, 0.5) is 0 Å². The van der Waals surface area contributed by atoms with E-state index in [0.29, 0.717) is 11.3 Å². The molecule has 1 heterocycles. The predicted molar refractivity (Wildman–Crippen MR) is 85.2 cm³/mol. The minimum atomic E-state index is -0.112. The maximum Gasteiger partial charge on any atom is 0.260 e. The lowest BCUT2D eigenvalue weighted by Crippen LogP contribution is -2.49. The Labute approximate surface area is 134 Å². The van der Waals surface area contributed by atoms with Gasteiger partial charge < -0.3 is 14.7 Å². The van der Waals surface area contributed by atoms with E-state index in [0.717, 1.165) is 17.3 Å². The molecular weight excluding hydrogens is 334 g/mol. The van der Waals surface area contributed by atoms with Crippen molar-refractivity contribution in [2.75, 3.05) is 6.61 Å². The van der Waals surface area contributed by atoms with Crippen LogP contribution in [0.25, 0.3) is 0 Å². The zero-order valence-electron chi connectivity index (χ0n) is 12.5. The molecule has 1 fully saturated rings. The number of aliphatic hydroxyl groups excluding tert-OH is 1. The molecule has 0 bridgehead atoms. The Morgan fingerprint density at radius 2 is 2.05 bits per heavy atom. The topological polar surface area (TPSA) is 49.8 Å². The second-order valence-electron chi connectivity index (χ2n) is 5.63. The number of likely N-dealkylation sites (tertiary alicyclic amines) is 1. The van der Waals surface area contributed by atoms with Gasteiger partial charge in [0.1, 0.15) is 5.75 Å². The minimum absolute atomic E-state index is 0.0153. The third-order valence-corrected chi connectivity index (χ3v) is 4.52. The van der Waals surface area contributed by atoms with Gasteiger partial charge in [0.2, 0.25) is 0 Å². The Bertz CT molecular complexity index is 496. The Morgan fingerprint density at radius 1 is 1.38 bits per heavy atom. The lowest BCUT2D eigenvalue weighted by Gasteiger charge is -2.39. The summed E-state index contributed by atoms with van der Waals surface area (Å²) in [4.78, 5) is 14.3. The van der Waals surface area contributed by atoms with Crippen LogP contribution >= 0.6 is 15.9 Å². The summed E-state index contributed by atoms with van der Waals surface area (Å²) in [5, 5.41) is 9.34. The van der Waals surface area contributed by atoms with Crippen LogP contribution in [0.2, 0.25) is 0 Å². The van der Waals surface area contributed by atoms with Crippen molar-refractivity contribution in [1.29, 1.82) is 0 Å². The highest BCUT2D eigenvalue weighted by atomic mass is 79.9. The number of carbonyl (C=O) groups excluding carboxylic acids is 1. The first-order valence-corrected chi connectivity index (χ1v) is 8.15. The van der Waals surface area contributed by atoms with Crippen LogP contribution in [-0.4, -0.2) is 34.6 Å². The van der Waals surface area contributed by atoms with Gasteiger partial charge in [-0.25, -0.2) is 0 Å². The van der Waals surface area contributed by atoms with Crippen molar-refractivity contribution in [1.82, 2.24) is 4.90 Å². The smallest absolute Gasteiger partial charge is 0.260 e. The second kappa shape index (κ2) is 7.27. The van der Waals surface area contributed by atoms with E-state index >= 15 is 0 Å². The first kappa shape index (κ1) is 16.3. The van der Waals surface area contributed by atoms with E-state index in [1.54, 1.807) is 12.1 Å². The van der Waals surface area contributed by atoms with Gasteiger partial charge in [-0.1, -0.05) is 15.9 Å². The van der Waals surface area contributed by atoms with Crippen molar-refractivity contribution in [2.24, 2.45) is 0 Å². The zero-order valence-corrected chi connectivity index (χ0v) is 14.1. The summed E-state index contributed by atoms with van der Waals surface area (Å²) < 4.78 is 6.50. The number of amides is 1. The van der Waals surface area contributed by atoms with Crippen molar-refractivity contribution in [3.05, 3.63) is 28.2 Å². The van der Waals surface area contributed by atoms with Crippen molar-refractivity contribution in [2.45, 2.75) is 51.8 Å². The maximum atomic E-state index is 12.4. The van der Waals surface area contributed by atoms with Crippen LogP contribution in [0.5, 0.6) is 5.75 Å². The first-order chi connectivity index (χ1) is 10.0. The third kappa shape index (κ3) is 3.98. The fraction of sp³-hybridized carbons (Fsp3) is 0.562. The molecule has 0 radical (unpaired) electrons. The predicted octanol–water partition coefficient (Wildman–Crippen LogP) is 3.11. The number of piperidine rings is 1. The normalized spacial score (nSPS) is 22.2. The Kier molecular flexibility index (Phi) is 5.65. The van der Waals surface area contributed by atoms with Gasteiger partial charge in [0.15, 0.2) is 6.61 Å². The van der Waals surface area contributed by atoms with Crippen molar-refractivity contribution in [3.63, 3.8) is 0 Å². The molecule has 0 aromatic heterocycles. The summed E-state index contributed by atoms with van der Waals surface area (Å²) in [6.45, 7) is 4.08. The van der Waals surface area contributed by atoms with E-state index in [2.05, 4.69) is 29.8 Å². The number of rotatable bonds is 4. The number of carbonyl (C=O) groups is 1. The van der Waals surface area contributed by atoms with Gasteiger partial charge in [-0.05, 0) is 51.3 Å². The number of halogens is 1. The monoisotopic (exact) mass is 355 g/mol. The van der Waals surface area contributed by atoms with Crippen LogP contribution < -0.4 is 4.74 Å². The molecule has 1 saturated heterocycles. The Morgan fingerprint density at radius 3 is 2.67 bits per heavy atom. The SMILES string of the molecule is C[C@@H]1CCC[C@@H](C)N1C(=O)COc1ccc(Br)cc1CO. The highest BCUT2D eigenvalue weighted by Gasteiger charge is 2.29. The Hall–Kier alpha value is -1.07. The van der Waals surface area contributed by atoms with Crippen LogP contribution in [0.3, 0.4) is 0 Å². The summed E-state index contributed by atoms with van der Waals surface area (Å²) >= 11 is 3.35. The summed E-state index contributed by atoms with van der Waals surface area (Å²) in [5.41, 5.74) is 0.678. The number of nitrogens with zero attached hydrogens (tertiary/aromatic N) is 1. The van der Waals surface area contributed by atoms with Crippen LogP contribution in [0.1, 0.15) is 38.7 Å². The van der Waals surface area contributed by atoms with Crippen molar-refractivity contribution >= 4 is 21.8 Å². The number of hydrogen-bond donors (Lipinski definition) is 1. The molecule has 5 heteroatoms. The average molecular weight is 356 g/mol. The minimum Gasteiger partial charge on any atom is -0.483 e. The summed E-state index contributed by atoms with van der Waals surface area (Å²) in [5.74, 6) is 0.577. The fourth-order valence-electron chi connectivity index (χ4n) is 2.94. The molecule has 1 aliphatic rings. The second-order valence-corrected chi connectivity index (χ2v) is 6.54. The molecule has 1 amide bonds. The largest absolute Gasteiger partial charge is 0.483 e. The quantitative estimate of drug-likeness (QED) is 0.902. The molecule has 21 heavy (non-hydrogen) atoms. The lowest BCUT2D eigenvalue weighted by molar-refractivity contribution is -0.139. The molecule has 116 valence electrons. The van der Waals surface area contributed by atoms with Gasteiger partial charge >= 0.3 is 0 Å². The first-order valence-electron chi connectivity index (χ1n) is 7.36. The zero-order chi connectivity index (χ0) is 15.4. The fourth-order valence-corrected chi connectivity index (χ4v) is 3.35. The van der Waals surface area contributed by atoms with Crippen molar-refractivity contribution in [3.8, 4) is 5.75 Å². The molecule has 0 unspecified atom stereocenters. The molecular formula is C16H22BrNO3. The number of ether oxygens (including phenoxy) is 1. The average Bonchev–Trinajstić information content (AvgIpc) is 2.45. The number of aliphatic hydroxyl groups is 1.